The Morgan fingerprint density at radius 3 is 2.00 bits per heavy atom. The summed E-state index contributed by atoms with van der Waals surface area (Å²) in [6.07, 6.45) is 0. The smallest absolute Gasteiger partial charge is 0.233 e. The Balaban J connectivity index is 1.94. The minimum atomic E-state index is -0.570. The molecule has 0 radical (unpaired) electrons. The third-order valence-electron chi connectivity index (χ3n) is 3.49. The van der Waals surface area contributed by atoms with Crippen LogP contribution in [0.15, 0.2) is 66.7 Å². The quantitative estimate of drug-likeness (QED) is 0.543. The molecule has 0 spiro atoms. The third kappa shape index (κ3) is 2.50. The number of hydrogen-bond acceptors (Lipinski definition) is 3. The highest BCUT2D eigenvalue weighted by Crippen LogP contribution is 2.17. The Bertz CT molecular complexity index is 918. The van der Waals surface area contributed by atoms with E-state index in [9.17, 15) is 9.59 Å². The molecule has 0 aromatic heterocycles. The number of nitrogens with zero attached hydrogens (tertiary/aromatic N) is 1. The van der Waals surface area contributed by atoms with Crippen LogP contribution >= 0.6 is 0 Å². The van der Waals surface area contributed by atoms with E-state index in [0.717, 1.165) is 10.8 Å². The summed E-state index contributed by atoms with van der Waals surface area (Å²) in [6.45, 7) is 0. The maximum absolute atomic E-state index is 12.3. The summed E-state index contributed by atoms with van der Waals surface area (Å²) in [6, 6.07) is 20.9. The average molecular weight is 285 g/mol. The fourth-order valence-electron chi connectivity index (χ4n) is 2.29. The molecule has 3 nitrogen and oxygen atoms in total. The van der Waals surface area contributed by atoms with Crippen molar-refractivity contribution < 1.29 is 9.59 Å². The zero-order valence-electron chi connectivity index (χ0n) is 11.6. The number of benzene rings is 3. The molecular formula is C19H11NO2. The maximum Gasteiger partial charge on any atom is 0.233 e. The van der Waals surface area contributed by atoms with E-state index in [1.54, 1.807) is 12.1 Å². The van der Waals surface area contributed by atoms with Crippen LogP contribution in [0.5, 0.6) is 0 Å². The van der Waals surface area contributed by atoms with Crippen LogP contribution in [-0.4, -0.2) is 11.6 Å². The number of Topliss-reactive ketones (excluding diaryl/α,β-unsaturated/α-hetero) is 2. The summed E-state index contributed by atoms with van der Waals surface area (Å²) in [5.74, 6) is -1.12. The molecule has 0 bridgehead atoms. The van der Waals surface area contributed by atoms with Crippen molar-refractivity contribution in [2.75, 3.05) is 0 Å². The monoisotopic (exact) mass is 285 g/mol. The summed E-state index contributed by atoms with van der Waals surface area (Å²) in [5.41, 5.74) is 1.11. The number of carbonyl (C=O) groups excluding carboxylic acids is 2. The number of nitriles is 1. The molecule has 22 heavy (non-hydrogen) atoms. The van der Waals surface area contributed by atoms with Crippen LogP contribution in [-0.2, 0) is 0 Å². The third-order valence-corrected chi connectivity index (χ3v) is 3.49. The lowest BCUT2D eigenvalue weighted by Gasteiger charge is -2.03. The maximum atomic E-state index is 12.3. The number of hydrogen-bond donors (Lipinski definition) is 0. The Morgan fingerprint density at radius 1 is 0.727 bits per heavy atom. The van der Waals surface area contributed by atoms with Gasteiger partial charge in [0.1, 0.15) is 0 Å². The molecule has 3 rings (SSSR count). The predicted octanol–water partition coefficient (Wildman–Crippen LogP) is 3.78. The van der Waals surface area contributed by atoms with Crippen LogP contribution in [0.3, 0.4) is 0 Å². The van der Waals surface area contributed by atoms with Gasteiger partial charge in [0, 0.05) is 11.1 Å². The van der Waals surface area contributed by atoms with Crippen LogP contribution in [0.4, 0.5) is 0 Å². The summed E-state index contributed by atoms with van der Waals surface area (Å²) in [4.78, 5) is 24.6. The fourth-order valence-corrected chi connectivity index (χ4v) is 2.29. The van der Waals surface area contributed by atoms with Gasteiger partial charge in [0.2, 0.25) is 11.6 Å². The SMILES string of the molecule is N#Cc1ccc(C(=O)C(=O)c2ccc3ccccc3c2)cc1. The molecule has 0 heterocycles. The van der Waals surface area contributed by atoms with Gasteiger partial charge in [-0.3, -0.25) is 9.59 Å². The van der Waals surface area contributed by atoms with E-state index in [0.29, 0.717) is 11.1 Å². The standard InChI is InChI=1S/C19H11NO2/c20-12-13-5-7-15(8-6-13)18(21)19(22)17-10-9-14-3-1-2-4-16(14)11-17/h1-11H. The van der Waals surface area contributed by atoms with Gasteiger partial charge in [0.15, 0.2) is 0 Å². The highest BCUT2D eigenvalue weighted by atomic mass is 16.2. The zero-order valence-corrected chi connectivity index (χ0v) is 11.6. The number of fused-ring (bicyclic) bond motifs is 1. The Labute approximate surface area is 127 Å². The molecule has 0 aliphatic carbocycles. The van der Waals surface area contributed by atoms with Gasteiger partial charge in [-0.25, -0.2) is 0 Å². The largest absolute Gasteiger partial charge is 0.285 e. The molecule has 0 fully saturated rings. The summed E-state index contributed by atoms with van der Waals surface area (Å²) in [5, 5.41) is 10.7. The van der Waals surface area contributed by atoms with Crippen molar-refractivity contribution >= 4 is 22.3 Å². The second kappa shape index (κ2) is 5.63. The second-order valence-electron chi connectivity index (χ2n) is 4.91. The van der Waals surface area contributed by atoms with Crippen molar-refractivity contribution in [3.63, 3.8) is 0 Å². The normalized spacial score (nSPS) is 10.1. The van der Waals surface area contributed by atoms with E-state index in [1.807, 2.05) is 36.4 Å². The van der Waals surface area contributed by atoms with Gasteiger partial charge in [-0.1, -0.05) is 36.4 Å². The summed E-state index contributed by atoms with van der Waals surface area (Å²) >= 11 is 0. The lowest BCUT2D eigenvalue weighted by Crippen LogP contribution is -2.14. The topological polar surface area (TPSA) is 57.9 Å². The van der Waals surface area contributed by atoms with Crippen molar-refractivity contribution in [3.8, 4) is 6.07 Å². The van der Waals surface area contributed by atoms with Crippen LogP contribution in [0, 0.1) is 11.3 Å². The number of carbonyl (C=O) groups is 2. The minimum Gasteiger partial charge on any atom is -0.285 e. The molecular weight excluding hydrogens is 274 g/mol. The number of ketones is 2. The Hall–Kier alpha value is -3.25. The van der Waals surface area contributed by atoms with E-state index in [4.69, 9.17) is 5.26 Å². The average Bonchev–Trinajstić information content (AvgIpc) is 2.60. The molecule has 0 amide bonds. The fraction of sp³-hybridized carbons (Fsp3) is 0. The van der Waals surface area contributed by atoms with E-state index in [-0.39, 0.29) is 5.56 Å². The van der Waals surface area contributed by atoms with E-state index in [1.165, 1.54) is 24.3 Å². The van der Waals surface area contributed by atoms with Crippen LogP contribution < -0.4 is 0 Å². The Kier molecular flexibility index (Phi) is 3.51. The minimum absolute atomic E-state index is 0.289. The molecule has 0 saturated heterocycles. The predicted molar refractivity (Wildman–Crippen MR) is 83.8 cm³/mol. The van der Waals surface area contributed by atoms with Crippen LogP contribution in [0.1, 0.15) is 26.3 Å². The molecule has 0 saturated carbocycles. The van der Waals surface area contributed by atoms with E-state index < -0.39 is 11.6 Å². The van der Waals surface area contributed by atoms with Gasteiger partial charge in [0.25, 0.3) is 0 Å². The molecule has 104 valence electrons. The molecule has 3 heteroatoms. The highest BCUT2D eigenvalue weighted by Gasteiger charge is 2.18. The zero-order chi connectivity index (χ0) is 15.5. The molecule has 0 atom stereocenters. The van der Waals surface area contributed by atoms with Crippen molar-refractivity contribution in [1.82, 2.24) is 0 Å². The molecule has 0 N–H and O–H groups in total. The first kappa shape index (κ1) is 13.7. The van der Waals surface area contributed by atoms with E-state index >= 15 is 0 Å². The lowest BCUT2D eigenvalue weighted by atomic mass is 9.98. The van der Waals surface area contributed by atoms with Gasteiger partial charge < -0.3 is 0 Å². The first-order valence-corrected chi connectivity index (χ1v) is 6.77. The molecule has 3 aromatic carbocycles. The van der Waals surface area contributed by atoms with Crippen molar-refractivity contribution in [2.45, 2.75) is 0 Å². The summed E-state index contributed by atoms with van der Waals surface area (Å²) < 4.78 is 0. The van der Waals surface area contributed by atoms with Crippen molar-refractivity contribution in [3.05, 3.63) is 83.4 Å². The van der Waals surface area contributed by atoms with Gasteiger partial charge in [-0.05, 0) is 41.1 Å². The van der Waals surface area contributed by atoms with Gasteiger partial charge in [0.05, 0.1) is 11.6 Å². The van der Waals surface area contributed by atoms with Crippen LogP contribution in [0.25, 0.3) is 10.8 Å². The molecule has 0 aliphatic rings. The highest BCUT2D eigenvalue weighted by molar-refractivity contribution is 6.49. The molecule has 0 unspecified atom stereocenters. The Morgan fingerprint density at radius 2 is 1.32 bits per heavy atom. The van der Waals surface area contributed by atoms with E-state index in [2.05, 4.69) is 0 Å². The second-order valence-corrected chi connectivity index (χ2v) is 4.91. The van der Waals surface area contributed by atoms with Crippen molar-refractivity contribution in [2.24, 2.45) is 0 Å². The summed E-state index contributed by atoms with van der Waals surface area (Å²) in [7, 11) is 0. The van der Waals surface area contributed by atoms with Gasteiger partial charge in [-0.2, -0.15) is 5.26 Å². The lowest BCUT2D eigenvalue weighted by molar-refractivity contribution is 0.0817. The number of rotatable bonds is 3. The van der Waals surface area contributed by atoms with Gasteiger partial charge >= 0.3 is 0 Å². The first-order chi connectivity index (χ1) is 10.7. The van der Waals surface area contributed by atoms with Crippen LogP contribution in [0.2, 0.25) is 0 Å². The van der Waals surface area contributed by atoms with Crippen molar-refractivity contribution in [1.29, 1.82) is 5.26 Å². The molecule has 0 aliphatic heterocycles. The van der Waals surface area contributed by atoms with Gasteiger partial charge in [-0.15, -0.1) is 0 Å². The first-order valence-electron chi connectivity index (χ1n) is 6.77. The molecule has 3 aromatic rings.